The second-order valence-corrected chi connectivity index (χ2v) is 7.01. The largest absolute Gasteiger partial charge is 0.369 e. The summed E-state index contributed by atoms with van der Waals surface area (Å²) in [5, 5.41) is 6.77. The van der Waals surface area contributed by atoms with Crippen LogP contribution in [-0.2, 0) is 6.42 Å². The van der Waals surface area contributed by atoms with Crippen molar-refractivity contribution in [2.45, 2.75) is 12.8 Å². The number of benzene rings is 1. The van der Waals surface area contributed by atoms with Gasteiger partial charge in [-0.1, -0.05) is 24.3 Å². The third kappa shape index (κ3) is 8.18. The standard InChI is InChI=1S/C22H32N6.HI/c1-23-22(26-14-11-20-8-5-6-12-24-20)25-13-7-15-27-16-18-28(19-17-27)21-9-3-2-4-10-21;/h2-6,8-10,12H,7,11,13-19H2,1H3,(H2,23,25,26);1H. The van der Waals surface area contributed by atoms with Gasteiger partial charge >= 0.3 is 0 Å². The van der Waals surface area contributed by atoms with E-state index in [-0.39, 0.29) is 24.0 Å². The van der Waals surface area contributed by atoms with Gasteiger partial charge in [0.25, 0.3) is 0 Å². The first-order chi connectivity index (χ1) is 13.8. The minimum absolute atomic E-state index is 0. The molecule has 2 aromatic rings. The topological polar surface area (TPSA) is 55.8 Å². The molecule has 0 unspecified atom stereocenters. The molecule has 0 saturated carbocycles. The molecule has 3 rings (SSSR count). The van der Waals surface area contributed by atoms with E-state index in [9.17, 15) is 0 Å². The summed E-state index contributed by atoms with van der Waals surface area (Å²) in [6.07, 6.45) is 3.85. The Hall–Kier alpha value is -1.87. The fourth-order valence-electron chi connectivity index (χ4n) is 3.45. The summed E-state index contributed by atoms with van der Waals surface area (Å²) in [6.45, 7) is 7.36. The lowest BCUT2D eigenvalue weighted by Crippen LogP contribution is -2.47. The van der Waals surface area contributed by atoms with E-state index in [0.717, 1.165) is 70.3 Å². The third-order valence-electron chi connectivity index (χ3n) is 5.06. The average Bonchev–Trinajstić information content (AvgIpc) is 2.77. The van der Waals surface area contributed by atoms with Gasteiger partial charge in [-0.05, 0) is 37.2 Å². The lowest BCUT2D eigenvalue weighted by molar-refractivity contribution is 0.255. The number of rotatable bonds is 8. The molecule has 2 heterocycles. The van der Waals surface area contributed by atoms with Gasteiger partial charge in [0.1, 0.15) is 0 Å². The smallest absolute Gasteiger partial charge is 0.190 e. The highest BCUT2D eigenvalue weighted by atomic mass is 127. The molecule has 1 aliphatic rings. The van der Waals surface area contributed by atoms with E-state index < -0.39 is 0 Å². The zero-order valence-corrected chi connectivity index (χ0v) is 19.6. The molecule has 0 bridgehead atoms. The number of para-hydroxylation sites is 1. The van der Waals surface area contributed by atoms with E-state index in [4.69, 9.17) is 0 Å². The molecule has 29 heavy (non-hydrogen) atoms. The van der Waals surface area contributed by atoms with Crippen molar-refractivity contribution in [3.63, 3.8) is 0 Å². The summed E-state index contributed by atoms with van der Waals surface area (Å²) < 4.78 is 0. The Balaban J connectivity index is 0.00000300. The maximum absolute atomic E-state index is 4.34. The summed E-state index contributed by atoms with van der Waals surface area (Å²) in [6, 6.07) is 16.7. The molecule has 1 fully saturated rings. The van der Waals surface area contributed by atoms with E-state index in [0.29, 0.717) is 0 Å². The van der Waals surface area contributed by atoms with Crippen molar-refractivity contribution in [2.24, 2.45) is 4.99 Å². The summed E-state index contributed by atoms with van der Waals surface area (Å²) >= 11 is 0. The number of guanidine groups is 1. The number of pyridine rings is 1. The molecule has 6 nitrogen and oxygen atoms in total. The molecule has 7 heteroatoms. The first-order valence-corrected chi connectivity index (χ1v) is 10.2. The fraction of sp³-hybridized carbons (Fsp3) is 0.455. The Kier molecular flexibility index (Phi) is 10.8. The van der Waals surface area contributed by atoms with E-state index in [1.807, 2.05) is 25.4 Å². The van der Waals surface area contributed by atoms with Crippen molar-refractivity contribution in [1.82, 2.24) is 20.5 Å². The van der Waals surface area contributed by atoms with Gasteiger partial charge in [-0.15, -0.1) is 24.0 Å². The quantitative estimate of drug-likeness (QED) is 0.249. The molecule has 1 saturated heterocycles. The monoisotopic (exact) mass is 508 g/mol. The number of halogens is 1. The molecular formula is C22H33IN6. The van der Waals surface area contributed by atoms with Crippen LogP contribution in [0, 0.1) is 0 Å². The van der Waals surface area contributed by atoms with Gasteiger partial charge in [0.05, 0.1) is 0 Å². The van der Waals surface area contributed by atoms with Crippen LogP contribution in [0.1, 0.15) is 12.1 Å². The summed E-state index contributed by atoms with van der Waals surface area (Å²) in [4.78, 5) is 13.7. The van der Waals surface area contributed by atoms with Crippen LogP contribution >= 0.6 is 24.0 Å². The lowest BCUT2D eigenvalue weighted by atomic mass is 10.2. The maximum Gasteiger partial charge on any atom is 0.190 e. The Bertz CT molecular complexity index is 702. The van der Waals surface area contributed by atoms with Crippen molar-refractivity contribution in [2.75, 3.05) is 57.8 Å². The minimum atomic E-state index is 0. The van der Waals surface area contributed by atoms with Gasteiger partial charge in [0.2, 0.25) is 0 Å². The predicted octanol–water partition coefficient (Wildman–Crippen LogP) is 2.62. The predicted molar refractivity (Wildman–Crippen MR) is 132 cm³/mol. The van der Waals surface area contributed by atoms with Crippen LogP contribution in [0.5, 0.6) is 0 Å². The summed E-state index contributed by atoms with van der Waals surface area (Å²) in [5.74, 6) is 0.866. The highest BCUT2D eigenvalue weighted by Gasteiger charge is 2.16. The van der Waals surface area contributed by atoms with E-state index in [1.165, 1.54) is 5.69 Å². The molecule has 1 aromatic carbocycles. The molecular weight excluding hydrogens is 475 g/mol. The number of hydrogen-bond donors (Lipinski definition) is 2. The normalized spacial score (nSPS) is 14.9. The Morgan fingerprint density at radius 1 is 0.966 bits per heavy atom. The number of hydrogen-bond acceptors (Lipinski definition) is 4. The Morgan fingerprint density at radius 2 is 1.69 bits per heavy atom. The Labute approximate surface area is 191 Å². The summed E-state index contributed by atoms with van der Waals surface area (Å²) in [7, 11) is 1.82. The molecule has 0 atom stereocenters. The number of aromatic nitrogens is 1. The van der Waals surface area contributed by atoms with E-state index in [1.54, 1.807) is 0 Å². The molecule has 158 valence electrons. The van der Waals surface area contributed by atoms with Gasteiger partial charge in [-0.2, -0.15) is 0 Å². The fourth-order valence-corrected chi connectivity index (χ4v) is 3.45. The highest BCUT2D eigenvalue weighted by molar-refractivity contribution is 14.0. The van der Waals surface area contributed by atoms with Crippen LogP contribution in [0.3, 0.4) is 0 Å². The molecule has 0 spiro atoms. The molecule has 1 aromatic heterocycles. The number of nitrogens with one attached hydrogen (secondary N) is 2. The molecule has 2 N–H and O–H groups in total. The van der Waals surface area contributed by atoms with Gasteiger partial charge in [-0.25, -0.2) is 0 Å². The zero-order chi connectivity index (χ0) is 19.4. The third-order valence-corrected chi connectivity index (χ3v) is 5.06. The second kappa shape index (κ2) is 13.4. The molecule has 1 aliphatic heterocycles. The maximum atomic E-state index is 4.34. The van der Waals surface area contributed by atoms with Crippen LogP contribution < -0.4 is 15.5 Å². The first-order valence-electron chi connectivity index (χ1n) is 10.2. The lowest BCUT2D eigenvalue weighted by Gasteiger charge is -2.36. The molecule has 0 aliphatic carbocycles. The van der Waals surface area contributed by atoms with Crippen LogP contribution in [0.2, 0.25) is 0 Å². The van der Waals surface area contributed by atoms with Crippen LogP contribution in [0.15, 0.2) is 59.7 Å². The summed E-state index contributed by atoms with van der Waals surface area (Å²) in [5.41, 5.74) is 2.43. The number of piperazine rings is 1. The van der Waals surface area contributed by atoms with E-state index >= 15 is 0 Å². The molecule has 0 amide bonds. The van der Waals surface area contributed by atoms with Crippen molar-refractivity contribution in [3.05, 3.63) is 60.4 Å². The number of aliphatic imine (C=N–C) groups is 1. The minimum Gasteiger partial charge on any atom is -0.369 e. The Morgan fingerprint density at radius 3 is 2.38 bits per heavy atom. The number of nitrogens with zero attached hydrogens (tertiary/aromatic N) is 4. The highest BCUT2D eigenvalue weighted by Crippen LogP contribution is 2.15. The molecule has 0 radical (unpaired) electrons. The second-order valence-electron chi connectivity index (χ2n) is 7.01. The van der Waals surface area contributed by atoms with Gasteiger partial charge in [0.15, 0.2) is 5.96 Å². The van der Waals surface area contributed by atoms with Crippen molar-refractivity contribution in [3.8, 4) is 0 Å². The van der Waals surface area contributed by atoms with Crippen molar-refractivity contribution < 1.29 is 0 Å². The van der Waals surface area contributed by atoms with Gasteiger partial charge in [0, 0.05) is 70.3 Å². The van der Waals surface area contributed by atoms with Gasteiger partial charge < -0.3 is 15.5 Å². The first kappa shape index (κ1) is 23.4. The van der Waals surface area contributed by atoms with Gasteiger partial charge in [-0.3, -0.25) is 14.9 Å². The average molecular weight is 508 g/mol. The SMILES string of the molecule is CN=C(NCCCN1CCN(c2ccccc2)CC1)NCCc1ccccn1.I. The van der Waals surface area contributed by atoms with Crippen molar-refractivity contribution in [1.29, 1.82) is 0 Å². The number of anilines is 1. The van der Waals surface area contributed by atoms with Crippen LogP contribution in [-0.4, -0.2) is 68.7 Å². The van der Waals surface area contributed by atoms with Crippen LogP contribution in [0.4, 0.5) is 5.69 Å². The van der Waals surface area contributed by atoms with Crippen LogP contribution in [0.25, 0.3) is 0 Å². The zero-order valence-electron chi connectivity index (χ0n) is 17.3. The van der Waals surface area contributed by atoms with E-state index in [2.05, 4.69) is 66.8 Å². The van der Waals surface area contributed by atoms with Crippen molar-refractivity contribution >= 4 is 35.6 Å².